The molecule has 0 aliphatic carbocycles. The zero-order valence-corrected chi connectivity index (χ0v) is 13.5. The lowest BCUT2D eigenvalue weighted by Gasteiger charge is -2.34. The highest BCUT2D eigenvalue weighted by atomic mass is 16.2. The van der Waals surface area contributed by atoms with Crippen LogP contribution in [0.4, 0.5) is 10.5 Å². The summed E-state index contributed by atoms with van der Waals surface area (Å²) in [6.07, 6.45) is 5.35. The summed E-state index contributed by atoms with van der Waals surface area (Å²) in [4.78, 5) is 14.2. The van der Waals surface area contributed by atoms with Gasteiger partial charge in [0.2, 0.25) is 0 Å². The lowest BCUT2D eigenvalue weighted by atomic mass is 9.85. The van der Waals surface area contributed by atoms with Gasteiger partial charge >= 0.3 is 6.03 Å². The van der Waals surface area contributed by atoms with Crippen molar-refractivity contribution in [3.05, 3.63) is 29.8 Å². The molecule has 1 unspecified atom stereocenters. The van der Waals surface area contributed by atoms with Crippen LogP contribution in [0.2, 0.25) is 0 Å². The SMILES string of the molecule is C#Cc1cccc(NC(=O)NC(C)C(C)(C)CN(C)C)c1. The Labute approximate surface area is 127 Å². The summed E-state index contributed by atoms with van der Waals surface area (Å²) in [6, 6.07) is 7.06. The van der Waals surface area contributed by atoms with Crippen LogP contribution in [-0.2, 0) is 0 Å². The van der Waals surface area contributed by atoms with E-state index in [0.717, 1.165) is 12.1 Å². The van der Waals surface area contributed by atoms with Gasteiger partial charge in [-0.05, 0) is 44.6 Å². The minimum atomic E-state index is -0.219. The fourth-order valence-corrected chi connectivity index (χ4v) is 2.20. The van der Waals surface area contributed by atoms with Crippen LogP contribution in [0.25, 0.3) is 0 Å². The van der Waals surface area contributed by atoms with Crippen LogP contribution in [0.5, 0.6) is 0 Å². The maximum atomic E-state index is 12.1. The number of amides is 2. The number of benzene rings is 1. The summed E-state index contributed by atoms with van der Waals surface area (Å²) in [7, 11) is 4.06. The van der Waals surface area contributed by atoms with Gasteiger partial charge in [0.1, 0.15) is 0 Å². The first kappa shape index (κ1) is 17.1. The van der Waals surface area contributed by atoms with Crippen molar-refractivity contribution < 1.29 is 4.79 Å². The number of anilines is 1. The molecule has 0 heterocycles. The van der Waals surface area contributed by atoms with Crippen LogP contribution in [0.3, 0.4) is 0 Å². The third-order valence-electron chi connectivity index (χ3n) is 3.53. The lowest BCUT2D eigenvalue weighted by molar-refractivity contribution is 0.183. The number of hydrogen-bond acceptors (Lipinski definition) is 2. The van der Waals surface area contributed by atoms with Crippen molar-refractivity contribution in [1.29, 1.82) is 0 Å². The summed E-state index contributed by atoms with van der Waals surface area (Å²) >= 11 is 0. The maximum absolute atomic E-state index is 12.1. The van der Waals surface area contributed by atoms with Gasteiger partial charge in [-0.15, -0.1) is 6.42 Å². The minimum absolute atomic E-state index is 0.0263. The third kappa shape index (κ3) is 5.49. The van der Waals surface area contributed by atoms with Crippen molar-refractivity contribution in [2.75, 3.05) is 26.0 Å². The number of nitrogens with zero attached hydrogens (tertiary/aromatic N) is 1. The van der Waals surface area contributed by atoms with E-state index in [-0.39, 0.29) is 17.5 Å². The number of carbonyl (C=O) groups is 1. The second-order valence-electron chi connectivity index (χ2n) is 6.27. The molecule has 0 saturated heterocycles. The van der Waals surface area contributed by atoms with E-state index in [2.05, 4.69) is 35.3 Å². The van der Waals surface area contributed by atoms with Gasteiger partial charge in [0, 0.05) is 23.8 Å². The van der Waals surface area contributed by atoms with Gasteiger partial charge in [-0.2, -0.15) is 0 Å². The molecule has 0 spiro atoms. The topological polar surface area (TPSA) is 44.4 Å². The summed E-state index contributed by atoms with van der Waals surface area (Å²) in [6.45, 7) is 7.18. The first-order valence-corrected chi connectivity index (χ1v) is 7.03. The lowest BCUT2D eigenvalue weighted by Crippen LogP contribution is -2.48. The molecule has 1 aromatic carbocycles. The molecule has 0 saturated carbocycles. The van der Waals surface area contributed by atoms with Crippen LogP contribution < -0.4 is 10.6 Å². The van der Waals surface area contributed by atoms with E-state index in [0.29, 0.717) is 5.69 Å². The van der Waals surface area contributed by atoms with Crippen molar-refractivity contribution in [2.45, 2.75) is 26.8 Å². The Morgan fingerprint density at radius 3 is 2.67 bits per heavy atom. The number of nitrogens with one attached hydrogen (secondary N) is 2. The standard InChI is InChI=1S/C17H25N3O/c1-7-14-9-8-10-15(11-14)19-16(21)18-13(2)17(3,4)12-20(5)6/h1,8-11,13H,12H2,2-6H3,(H2,18,19,21). The molecule has 2 amide bonds. The summed E-state index contributed by atoms with van der Waals surface area (Å²) in [5.41, 5.74) is 1.41. The molecule has 1 atom stereocenters. The Balaban J connectivity index is 2.62. The molecule has 4 heteroatoms. The van der Waals surface area contributed by atoms with Crippen LogP contribution in [0.1, 0.15) is 26.3 Å². The maximum Gasteiger partial charge on any atom is 0.319 e. The average molecular weight is 287 g/mol. The van der Waals surface area contributed by atoms with Crippen LogP contribution in [0.15, 0.2) is 24.3 Å². The molecular formula is C17H25N3O. The zero-order chi connectivity index (χ0) is 16.0. The fraction of sp³-hybridized carbons (Fsp3) is 0.471. The normalized spacial score (nSPS) is 12.6. The monoisotopic (exact) mass is 287 g/mol. The van der Waals surface area contributed by atoms with Crippen LogP contribution in [0, 0.1) is 17.8 Å². The molecule has 1 aromatic rings. The molecule has 0 aromatic heterocycles. The van der Waals surface area contributed by atoms with E-state index in [1.54, 1.807) is 6.07 Å². The average Bonchev–Trinajstić information content (AvgIpc) is 2.37. The molecular weight excluding hydrogens is 262 g/mol. The van der Waals surface area contributed by atoms with E-state index in [1.165, 1.54) is 0 Å². The second-order valence-corrected chi connectivity index (χ2v) is 6.27. The number of hydrogen-bond donors (Lipinski definition) is 2. The smallest absolute Gasteiger partial charge is 0.319 e. The summed E-state index contributed by atoms with van der Waals surface area (Å²) in [5.74, 6) is 2.55. The Hall–Kier alpha value is -1.99. The molecule has 0 aliphatic heterocycles. The highest BCUT2D eigenvalue weighted by molar-refractivity contribution is 5.89. The Kier molecular flexibility index (Phi) is 5.80. The molecule has 4 nitrogen and oxygen atoms in total. The Morgan fingerprint density at radius 2 is 2.10 bits per heavy atom. The third-order valence-corrected chi connectivity index (χ3v) is 3.53. The number of carbonyl (C=O) groups excluding carboxylic acids is 1. The fourth-order valence-electron chi connectivity index (χ4n) is 2.20. The number of urea groups is 1. The first-order chi connectivity index (χ1) is 9.74. The summed E-state index contributed by atoms with van der Waals surface area (Å²) in [5, 5.41) is 5.80. The zero-order valence-electron chi connectivity index (χ0n) is 13.5. The number of rotatable bonds is 5. The molecule has 0 bridgehead atoms. The van der Waals surface area contributed by atoms with Gasteiger partial charge in [-0.1, -0.05) is 25.8 Å². The van der Waals surface area contributed by atoms with Crippen molar-refractivity contribution in [2.24, 2.45) is 5.41 Å². The van der Waals surface area contributed by atoms with Gasteiger partial charge in [-0.3, -0.25) is 0 Å². The van der Waals surface area contributed by atoms with Crippen LogP contribution in [-0.4, -0.2) is 37.6 Å². The predicted molar refractivity (Wildman–Crippen MR) is 88.3 cm³/mol. The highest BCUT2D eigenvalue weighted by Crippen LogP contribution is 2.21. The molecule has 0 fully saturated rings. The van der Waals surface area contributed by atoms with Gasteiger partial charge in [0.05, 0.1) is 0 Å². The van der Waals surface area contributed by atoms with E-state index < -0.39 is 0 Å². The molecule has 114 valence electrons. The summed E-state index contributed by atoms with van der Waals surface area (Å²) < 4.78 is 0. The van der Waals surface area contributed by atoms with Crippen molar-refractivity contribution in [1.82, 2.24) is 10.2 Å². The predicted octanol–water partition coefficient (Wildman–Crippen LogP) is 2.77. The Morgan fingerprint density at radius 1 is 1.43 bits per heavy atom. The van der Waals surface area contributed by atoms with Crippen molar-refractivity contribution >= 4 is 11.7 Å². The second kappa shape index (κ2) is 7.14. The van der Waals surface area contributed by atoms with Gasteiger partial charge in [0.25, 0.3) is 0 Å². The van der Waals surface area contributed by atoms with E-state index in [1.807, 2.05) is 39.2 Å². The molecule has 0 radical (unpaired) electrons. The van der Waals surface area contributed by atoms with Gasteiger partial charge < -0.3 is 15.5 Å². The quantitative estimate of drug-likeness (QED) is 0.818. The largest absolute Gasteiger partial charge is 0.335 e. The molecule has 21 heavy (non-hydrogen) atoms. The minimum Gasteiger partial charge on any atom is -0.335 e. The first-order valence-electron chi connectivity index (χ1n) is 7.03. The van der Waals surface area contributed by atoms with E-state index >= 15 is 0 Å². The van der Waals surface area contributed by atoms with Gasteiger partial charge in [-0.25, -0.2) is 4.79 Å². The Bertz CT molecular complexity index is 529. The van der Waals surface area contributed by atoms with Crippen molar-refractivity contribution in [3.63, 3.8) is 0 Å². The highest BCUT2D eigenvalue weighted by Gasteiger charge is 2.27. The van der Waals surface area contributed by atoms with E-state index in [9.17, 15) is 4.79 Å². The van der Waals surface area contributed by atoms with Crippen LogP contribution >= 0.6 is 0 Å². The molecule has 1 rings (SSSR count). The number of terminal acetylenes is 1. The van der Waals surface area contributed by atoms with E-state index in [4.69, 9.17) is 6.42 Å². The van der Waals surface area contributed by atoms with Crippen molar-refractivity contribution in [3.8, 4) is 12.3 Å². The van der Waals surface area contributed by atoms with Gasteiger partial charge in [0.15, 0.2) is 0 Å². The molecule has 0 aliphatic rings. The molecule has 2 N–H and O–H groups in total.